The van der Waals surface area contributed by atoms with E-state index in [4.69, 9.17) is 11.2 Å². The SMILES string of the molecule is CCCCCCCCCCCCS(=S)S. The van der Waals surface area contributed by atoms with Crippen LogP contribution in [0.15, 0.2) is 0 Å². The molecule has 0 nitrogen and oxygen atoms in total. The van der Waals surface area contributed by atoms with Gasteiger partial charge in [0, 0.05) is 5.75 Å². The lowest BCUT2D eigenvalue weighted by Crippen LogP contribution is -1.88. The van der Waals surface area contributed by atoms with E-state index >= 15 is 0 Å². The molecule has 0 heterocycles. The molecule has 1 atom stereocenters. The number of unbranched alkanes of at least 4 members (excludes halogenated alkanes) is 9. The quantitative estimate of drug-likeness (QED) is 0.317. The summed E-state index contributed by atoms with van der Waals surface area (Å²) in [6.07, 6.45) is 14.0. The molecule has 0 aliphatic rings. The van der Waals surface area contributed by atoms with Crippen molar-refractivity contribution in [2.24, 2.45) is 0 Å². The Balaban J connectivity index is 2.89. The second-order valence-electron chi connectivity index (χ2n) is 4.21. The lowest BCUT2D eigenvalue weighted by atomic mass is 10.1. The van der Waals surface area contributed by atoms with Crippen molar-refractivity contribution in [1.29, 1.82) is 0 Å². The maximum Gasteiger partial charge on any atom is 0.00746 e. The van der Waals surface area contributed by atoms with Crippen molar-refractivity contribution in [2.45, 2.75) is 71.1 Å². The van der Waals surface area contributed by atoms with Crippen LogP contribution in [0.3, 0.4) is 0 Å². The van der Waals surface area contributed by atoms with E-state index in [0.29, 0.717) is 0 Å². The third kappa shape index (κ3) is 14.9. The Bertz CT molecular complexity index is 146. The highest BCUT2D eigenvalue weighted by atomic mass is 33.3. The zero-order chi connectivity index (χ0) is 11.4. The Morgan fingerprint density at radius 2 is 1.20 bits per heavy atom. The zero-order valence-electron chi connectivity index (χ0n) is 10.0. The van der Waals surface area contributed by atoms with E-state index in [2.05, 4.69) is 18.6 Å². The van der Waals surface area contributed by atoms with Crippen LogP contribution in [-0.2, 0) is 19.7 Å². The summed E-state index contributed by atoms with van der Waals surface area (Å²) in [4.78, 5) is 0. The minimum Gasteiger partial charge on any atom is -0.107 e. The molecule has 1 unspecified atom stereocenters. The van der Waals surface area contributed by atoms with Crippen LogP contribution in [0.2, 0.25) is 0 Å². The Kier molecular flexibility index (Phi) is 13.8. The fourth-order valence-electron chi connectivity index (χ4n) is 1.71. The third-order valence-electron chi connectivity index (χ3n) is 2.67. The van der Waals surface area contributed by atoms with Gasteiger partial charge in [0.05, 0.1) is 0 Å². The third-order valence-corrected chi connectivity index (χ3v) is 4.36. The van der Waals surface area contributed by atoms with E-state index in [0.717, 1.165) is 5.75 Å². The second-order valence-corrected chi connectivity index (χ2v) is 8.53. The molecule has 0 aromatic carbocycles. The molecule has 0 bridgehead atoms. The molecule has 0 amide bonds. The smallest absolute Gasteiger partial charge is 0.00746 e. The predicted molar refractivity (Wildman–Crippen MR) is 80.4 cm³/mol. The molecule has 0 aromatic rings. The highest BCUT2D eigenvalue weighted by Gasteiger charge is 1.93. The van der Waals surface area contributed by atoms with Crippen molar-refractivity contribution in [3.63, 3.8) is 0 Å². The molecule has 15 heavy (non-hydrogen) atoms. The van der Waals surface area contributed by atoms with Gasteiger partial charge in [-0.15, -0.1) is 11.7 Å². The van der Waals surface area contributed by atoms with E-state index < -0.39 is 0 Å². The van der Waals surface area contributed by atoms with Gasteiger partial charge in [0.25, 0.3) is 0 Å². The van der Waals surface area contributed by atoms with E-state index in [9.17, 15) is 0 Å². The topological polar surface area (TPSA) is 0 Å². The van der Waals surface area contributed by atoms with Crippen molar-refractivity contribution in [3.8, 4) is 0 Å². The molecule has 0 radical (unpaired) electrons. The Hall–Kier alpha value is 0.920. The molecule has 0 aliphatic heterocycles. The van der Waals surface area contributed by atoms with E-state index in [1.165, 1.54) is 64.2 Å². The summed E-state index contributed by atoms with van der Waals surface area (Å²) in [5, 5.41) is 0. The van der Waals surface area contributed by atoms with Crippen LogP contribution in [0.1, 0.15) is 71.1 Å². The van der Waals surface area contributed by atoms with Gasteiger partial charge in [-0.05, 0) is 17.6 Å². The molecular formula is C12H26S3. The van der Waals surface area contributed by atoms with Gasteiger partial charge < -0.3 is 0 Å². The van der Waals surface area contributed by atoms with Crippen LogP contribution in [0, 0.1) is 0 Å². The Morgan fingerprint density at radius 3 is 1.60 bits per heavy atom. The summed E-state index contributed by atoms with van der Waals surface area (Å²) in [6, 6.07) is 0. The number of rotatable bonds is 11. The molecule has 3 heteroatoms. The van der Waals surface area contributed by atoms with Crippen LogP contribution < -0.4 is 0 Å². The summed E-state index contributed by atoms with van der Waals surface area (Å²) in [7, 11) is -0.0504. The monoisotopic (exact) mass is 266 g/mol. The lowest BCUT2D eigenvalue weighted by molar-refractivity contribution is 0.563. The van der Waals surface area contributed by atoms with E-state index in [-0.39, 0.29) is 8.49 Å². The summed E-state index contributed by atoms with van der Waals surface area (Å²) in [5.74, 6) is 1.13. The van der Waals surface area contributed by atoms with Gasteiger partial charge in [0.2, 0.25) is 0 Å². The van der Waals surface area contributed by atoms with Gasteiger partial charge in [-0.1, -0.05) is 73.2 Å². The molecular weight excluding hydrogens is 240 g/mol. The van der Waals surface area contributed by atoms with Gasteiger partial charge in [-0.3, -0.25) is 0 Å². The number of hydrogen-bond donors (Lipinski definition) is 1. The predicted octanol–water partition coefficient (Wildman–Crippen LogP) is 4.83. The minimum absolute atomic E-state index is 0.0504. The molecule has 0 aliphatic carbocycles. The first-order chi connectivity index (χ1) is 7.27. The van der Waals surface area contributed by atoms with Crippen molar-refractivity contribution in [2.75, 3.05) is 5.75 Å². The maximum atomic E-state index is 5.03. The average Bonchev–Trinajstić information content (AvgIpc) is 2.20. The standard InChI is InChI=1S/C12H26S3/c1-2-3-4-5-6-7-8-9-10-11-12-15(13)14/h2-12H2,1H3,(H,13,14). The fraction of sp³-hybridized carbons (Fsp3) is 1.00. The average molecular weight is 267 g/mol. The first-order valence-electron chi connectivity index (χ1n) is 6.35. The normalized spacial score (nSPS) is 12.9. The first kappa shape index (κ1) is 15.9. The molecule has 0 N–H and O–H groups in total. The Labute approximate surface area is 108 Å². The van der Waals surface area contributed by atoms with Crippen molar-refractivity contribution < 1.29 is 0 Å². The van der Waals surface area contributed by atoms with Crippen LogP contribution >= 0.6 is 11.7 Å². The van der Waals surface area contributed by atoms with Crippen molar-refractivity contribution >= 4 is 31.3 Å². The highest BCUT2D eigenvalue weighted by molar-refractivity contribution is 8.76. The molecule has 0 fully saturated rings. The Morgan fingerprint density at radius 1 is 0.800 bits per heavy atom. The summed E-state index contributed by atoms with van der Waals surface area (Å²) in [6.45, 7) is 2.27. The summed E-state index contributed by atoms with van der Waals surface area (Å²) < 4.78 is 0. The van der Waals surface area contributed by atoms with Crippen LogP contribution in [0.25, 0.3) is 0 Å². The number of hydrogen-bond acceptors (Lipinski definition) is 1. The van der Waals surface area contributed by atoms with Crippen molar-refractivity contribution in [3.05, 3.63) is 0 Å². The van der Waals surface area contributed by atoms with Gasteiger partial charge in [-0.2, -0.15) is 0 Å². The van der Waals surface area contributed by atoms with Gasteiger partial charge >= 0.3 is 0 Å². The molecule has 0 saturated carbocycles. The van der Waals surface area contributed by atoms with E-state index in [1.54, 1.807) is 0 Å². The lowest BCUT2D eigenvalue weighted by Gasteiger charge is -2.01. The fourth-order valence-corrected chi connectivity index (χ4v) is 2.90. The largest absolute Gasteiger partial charge is 0.107 e. The maximum absolute atomic E-state index is 5.03. The van der Waals surface area contributed by atoms with Gasteiger partial charge in [0.1, 0.15) is 0 Å². The van der Waals surface area contributed by atoms with Crippen molar-refractivity contribution in [1.82, 2.24) is 0 Å². The highest BCUT2D eigenvalue weighted by Crippen LogP contribution is 2.10. The van der Waals surface area contributed by atoms with Gasteiger partial charge in [-0.25, -0.2) is 0 Å². The van der Waals surface area contributed by atoms with Crippen LogP contribution in [-0.4, -0.2) is 5.75 Å². The van der Waals surface area contributed by atoms with Crippen LogP contribution in [0.5, 0.6) is 0 Å². The van der Waals surface area contributed by atoms with Crippen LogP contribution in [0.4, 0.5) is 0 Å². The molecule has 0 spiro atoms. The molecule has 0 saturated heterocycles. The second kappa shape index (κ2) is 13.0. The first-order valence-corrected chi connectivity index (χ1v) is 9.72. The minimum atomic E-state index is -0.0504. The summed E-state index contributed by atoms with van der Waals surface area (Å²) in [5.41, 5.74) is 0. The number of thiol groups is 1. The molecule has 0 rings (SSSR count). The van der Waals surface area contributed by atoms with Gasteiger partial charge in [0.15, 0.2) is 0 Å². The summed E-state index contributed by atoms with van der Waals surface area (Å²) >= 11 is 9.26. The molecule has 92 valence electrons. The zero-order valence-corrected chi connectivity index (χ0v) is 12.6. The molecule has 0 aromatic heterocycles. The van der Waals surface area contributed by atoms with E-state index in [1.807, 2.05) is 0 Å².